The number of nitrogens with two attached hydrogens (primary N) is 1. The molecule has 1 heterocycles. The molecule has 0 bridgehead atoms. The van der Waals surface area contributed by atoms with E-state index in [4.69, 9.17) is 10.5 Å². The first-order valence-corrected chi connectivity index (χ1v) is 6.80. The fraction of sp³-hybridized carbons (Fsp3) is 0.133. The number of nitrogens with zero attached hydrogens (tertiary/aromatic N) is 1. The van der Waals surface area contributed by atoms with Gasteiger partial charge in [-0.3, -0.25) is 0 Å². The van der Waals surface area contributed by atoms with E-state index in [9.17, 15) is 0 Å². The van der Waals surface area contributed by atoms with Gasteiger partial charge in [0.15, 0.2) is 0 Å². The van der Waals surface area contributed by atoms with Gasteiger partial charge in [-0.1, -0.05) is 6.07 Å². The zero-order valence-corrected chi connectivity index (χ0v) is 11.6. The molecule has 4 heteroatoms. The van der Waals surface area contributed by atoms with Crippen LogP contribution < -0.4 is 10.5 Å². The van der Waals surface area contributed by atoms with Gasteiger partial charge in [-0.25, -0.2) is 4.98 Å². The van der Waals surface area contributed by atoms with Crippen LogP contribution in [0.25, 0.3) is 20.8 Å². The largest absolute Gasteiger partial charge is 0.495 e. The maximum atomic E-state index is 5.94. The first kappa shape index (κ1) is 12.0. The SMILES string of the molecule is COc1ccc(-c2nc3cc(C)ccc3s2)cc1N. The van der Waals surface area contributed by atoms with Crippen LogP contribution >= 0.6 is 11.3 Å². The number of hydrogen-bond acceptors (Lipinski definition) is 4. The second-order valence-corrected chi connectivity index (χ2v) is 5.48. The summed E-state index contributed by atoms with van der Waals surface area (Å²) in [5.41, 5.74) is 9.86. The van der Waals surface area contributed by atoms with Crippen molar-refractivity contribution in [2.45, 2.75) is 6.92 Å². The lowest BCUT2D eigenvalue weighted by Crippen LogP contribution is -1.92. The Balaban J connectivity index is 2.11. The summed E-state index contributed by atoms with van der Waals surface area (Å²) in [5.74, 6) is 0.695. The Bertz CT molecular complexity index is 749. The molecule has 3 nitrogen and oxygen atoms in total. The molecule has 0 atom stereocenters. The Morgan fingerprint density at radius 1 is 1.16 bits per heavy atom. The number of fused-ring (bicyclic) bond motifs is 1. The van der Waals surface area contributed by atoms with Crippen LogP contribution in [0.15, 0.2) is 36.4 Å². The topological polar surface area (TPSA) is 48.1 Å². The summed E-state index contributed by atoms with van der Waals surface area (Å²) < 4.78 is 6.36. The van der Waals surface area contributed by atoms with Gasteiger partial charge in [-0.05, 0) is 42.8 Å². The molecule has 0 aliphatic carbocycles. The zero-order chi connectivity index (χ0) is 13.4. The lowest BCUT2D eigenvalue weighted by atomic mass is 10.2. The number of ether oxygens (including phenoxy) is 1. The summed E-state index contributed by atoms with van der Waals surface area (Å²) in [4.78, 5) is 4.66. The summed E-state index contributed by atoms with van der Waals surface area (Å²) in [5, 5.41) is 0.981. The van der Waals surface area contributed by atoms with Gasteiger partial charge in [-0.2, -0.15) is 0 Å². The van der Waals surface area contributed by atoms with E-state index < -0.39 is 0 Å². The fourth-order valence-electron chi connectivity index (χ4n) is 2.03. The smallest absolute Gasteiger partial charge is 0.141 e. The Labute approximate surface area is 115 Å². The Hall–Kier alpha value is -2.07. The minimum Gasteiger partial charge on any atom is -0.495 e. The first-order chi connectivity index (χ1) is 9.17. The molecule has 0 aliphatic heterocycles. The van der Waals surface area contributed by atoms with Crippen LogP contribution in [0, 0.1) is 6.92 Å². The molecule has 1 aromatic heterocycles. The molecule has 3 aromatic rings. The van der Waals surface area contributed by atoms with Gasteiger partial charge in [0.2, 0.25) is 0 Å². The second kappa shape index (κ2) is 4.55. The lowest BCUT2D eigenvalue weighted by Gasteiger charge is -2.04. The van der Waals surface area contributed by atoms with Crippen molar-refractivity contribution in [1.29, 1.82) is 0 Å². The van der Waals surface area contributed by atoms with Crippen molar-refractivity contribution in [2.75, 3.05) is 12.8 Å². The highest BCUT2D eigenvalue weighted by atomic mass is 32.1. The molecule has 0 unspecified atom stereocenters. The second-order valence-electron chi connectivity index (χ2n) is 4.45. The summed E-state index contributed by atoms with van der Waals surface area (Å²) in [6.07, 6.45) is 0. The van der Waals surface area contributed by atoms with E-state index in [1.54, 1.807) is 18.4 Å². The average Bonchev–Trinajstić information content (AvgIpc) is 2.81. The third-order valence-corrected chi connectivity index (χ3v) is 4.11. The number of methoxy groups -OCH3 is 1. The number of benzene rings is 2. The molecule has 0 spiro atoms. The van der Waals surface area contributed by atoms with Crippen LogP contribution in [0.4, 0.5) is 5.69 Å². The van der Waals surface area contributed by atoms with E-state index in [0.717, 1.165) is 16.1 Å². The number of aryl methyl sites for hydroxylation is 1. The lowest BCUT2D eigenvalue weighted by molar-refractivity contribution is 0.417. The molecular weight excluding hydrogens is 256 g/mol. The van der Waals surface area contributed by atoms with Crippen molar-refractivity contribution in [3.8, 4) is 16.3 Å². The van der Waals surface area contributed by atoms with Crippen molar-refractivity contribution >= 4 is 27.2 Å². The van der Waals surface area contributed by atoms with Crippen LogP contribution in [0.3, 0.4) is 0 Å². The van der Waals surface area contributed by atoms with Crippen LogP contribution in [0.2, 0.25) is 0 Å². The van der Waals surface area contributed by atoms with Gasteiger partial charge in [0.25, 0.3) is 0 Å². The van der Waals surface area contributed by atoms with Crippen LogP contribution in [-0.4, -0.2) is 12.1 Å². The number of hydrogen-bond donors (Lipinski definition) is 1. The highest BCUT2D eigenvalue weighted by molar-refractivity contribution is 7.21. The minimum atomic E-state index is 0.635. The molecular formula is C15H14N2OS. The molecule has 0 saturated carbocycles. The van der Waals surface area contributed by atoms with E-state index in [0.29, 0.717) is 11.4 Å². The predicted octanol–water partition coefficient (Wildman–Crippen LogP) is 3.86. The monoisotopic (exact) mass is 270 g/mol. The molecule has 0 aliphatic rings. The van der Waals surface area contributed by atoms with Crippen molar-refractivity contribution in [3.63, 3.8) is 0 Å². The standard InChI is InChI=1S/C15H14N2OS/c1-9-3-6-14-12(7-9)17-15(19-14)10-4-5-13(18-2)11(16)8-10/h3-8H,16H2,1-2H3. The Kier molecular flexibility index (Phi) is 2.87. The van der Waals surface area contributed by atoms with E-state index in [2.05, 4.69) is 30.1 Å². The molecule has 3 rings (SSSR count). The van der Waals surface area contributed by atoms with E-state index in [-0.39, 0.29) is 0 Å². The third kappa shape index (κ3) is 2.15. The van der Waals surface area contributed by atoms with Crippen molar-refractivity contribution in [1.82, 2.24) is 4.98 Å². The maximum absolute atomic E-state index is 5.94. The number of anilines is 1. The average molecular weight is 270 g/mol. The van der Waals surface area contributed by atoms with Crippen molar-refractivity contribution in [2.24, 2.45) is 0 Å². The van der Waals surface area contributed by atoms with Crippen LogP contribution in [0.1, 0.15) is 5.56 Å². The molecule has 0 saturated heterocycles. The molecule has 0 radical (unpaired) electrons. The van der Waals surface area contributed by atoms with Crippen molar-refractivity contribution < 1.29 is 4.74 Å². The van der Waals surface area contributed by atoms with Gasteiger partial charge in [0, 0.05) is 5.56 Å². The summed E-state index contributed by atoms with van der Waals surface area (Å²) in [7, 11) is 1.62. The predicted molar refractivity (Wildman–Crippen MR) is 80.8 cm³/mol. The summed E-state index contributed by atoms with van der Waals surface area (Å²) >= 11 is 1.67. The zero-order valence-electron chi connectivity index (χ0n) is 10.8. The van der Waals surface area contributed by atoms with Crippen LogP contribution in [0.5, 0.6) is 5.75 Å². The number of aromatic nitrogens is 1. The van der Waals surface area contributed by atoms with Gasteiger partial charge >= 0.3 is 0 Å². The molecule has 96 valence electrons. The third-order valence-electron chi connectivity index (χ3n) is 3.02. The van der Waals surface area contributed by atoms with Crippen LogP contribution in [-0.2, 0) is 0 Å². The highest BCUT2D eigenvalue weighted by Gasteiger charge is 2.08. The van der Waals surface area contributed by atoms with Gasteiger partial charge in [0.1, 0.15) is 10.8 Å². The van der Waals surface area contributed by atoms with Crippen molar-refractivity contribution in [3.05, 3.63) is 42.0 Å². The Morgan fingerprint density at radius 3 is 2.74 bits per heavy atom. The maximum Gasteiger partial charge on any atom is 0.141 e. The van der Waals surface area contributed by atoms with E-state index in [1.165, 1.54) is 10.3 Å². The minimum absolute atomic E-state index is 0.635. The molecule has 0 amide bonds. The quantitative estimate of drug-likeness (QED) is 0.719. The highest BCUT2D eigenvalue weighted by Crippen LogP contribution is 2.33. The van der Waals surface area contributed by atoms with E-state index in [1.807, 2.05) is 18.2 Å². The molecule has 19 heavy (non-hydrogen) atoms. The molecule has 2 aromatic carbocycles. The number of rotatable bonds is 2. The summed E-state index contributed by atoms with van der Waals surface area (Å²) in [6.45, 7) is 2.07. The van der Waals surface area contributed by atoms with Gasteiger partial charge < -0.3 is 10.5 Å². The first-order valence-electron chi connectivity index (χ1n) is 5.98. The fourth-order valence-corrected chi connectivity index (χ4v) is 2.97. The molecule has 2 N–H and O–H groups in total. The number of thiazole rings is 1. The van der Waals surface area contributed by atoms with Gasteiger partial charge in [-0.15, -0.1) is 11.3 Å². The molecule has 0 fully saturated rings. The summed E-state index contributed by atoms with van der Waals surface area (Å²) in [6, 6.07) is 12.1. The normalized spacial score (nSPS) is 10.8. The Morgan fingerprint density at radius 2 is 2.00 bits per heavy atom. The van der Waals surface area contributed by atoms with Gasteiger partial charge in [0.05, 0.1) is 23.0 Å². The number of nitrogen functional groups attached to an aromatic ring is 1. The van der Waals surface area contributed by atoms with E-state index >= 15 is 0 Å².